The van der Waals surface area contributed by atoms with E-state index in [4.69, 9.17) is 5.26 Å². The zero-order chi connectivity index (χ0) is 12.6. The van der Waals surface area contributed by atoms with E-state index < -0.39 is 0 Å². The second kappa shape index (κ2) is 7.65. The summed E-state index contributed by atoms with van der Waals surface area (Å²) < 4.78 is 0. The van der Waals surface area contributed by atoms with E-state index in [0.717, 1.165) is 25.9 Å². The quantitative estimate of drug-likeness (QED) is 0.689. The van der Waals surface area contributed by atoms with Crippen molar-refractivity contribution in [1.29, 1.82) is 5.26 Å². The van der Waals surface area contributed by atoms with Crippen molar-refractivity contribution >= 4 is 0 Å². The summed E-state index contributed by atoms with van der Waals surface area (Å²) in [5.74, 6) is 0. The van der Waals surface area contributed by atoms with Crippen molar-refractivity contribution in [3.8, 4) is 6.07 Å². The van der Waals surface area contributed by atoms with Gasteiger partial charge in [-0.25, -0.2) is 0 Å². The van der Waals surface area contributed by atoms with Gasteiger partial charge in [-0.1, -0.05) is 6.92 Å². The maximum atomic E-state index is 9.04. The largest absolute Gasteiger partial charge is 0.303 e. The first-order valence-corrected chi connectivity index (χ1v) is 6.33. The van der Waals surface area contributed by atoms with Crippen LogP contribution in [0.1, 0.15) is 47.0 Å². The average Bonchev–Trinajstić information content (AvgIpc) is 2.27. The summed E-state index contributed by atoms with van der Waals surface area (Å²) in [7, 11) is 1.86. The fourth-order valence-electron chi connectivity index (χ4n) is 1.79. The van der Waals surface area contributed by atoms with Crippen LogP contribution in [-0.4, -0.2) is 36.6 Å². The molecule has 3 nitrogen and oxygen atoms in total. The number of nitriles is 1. The van der Waals surface area contributed by atoms with Gasteiger partial charge in [0.2, 0.25) is 0 Å². The number of hydrogen-bond donors (Lipinski definition) is 1. The molecule has 0 spiro atoms. The molecule has 0 aliphatic heterocycles. The number of rotatable bonds is 8. The number of nitrogens with one attached hydrogen (secondary N) is 1. The third-order valence-electron chi connectivity index (χ3n) is 3.16. The Morgan fingerprint density at radius 2 is 2.00 bits per heavy atom. The Labute approximate surface area is 101 Å². The monoisotopic (exact) mass is 225 g/mol. The molecule has 3 heteroatoms. The van der Waals surface area contributed by atoms with Gasteiger partial charge in [0.05, 0.1) is 6.07 Å². The normalized spacial score (nSPS) is 15.1. The lowest BCUT2D eigenvalue weighted by atomic mass is 9.98. The summed E-state index contributed by atoms with van der Waals surface area (Å²) in [6.07, 6.45) is 3.18. The van der Waals surface area contributed by atoms with Gasteiger partial charge < -0.3 is 10.2 Å². The van der Waals surface area contributed by atoms with Gasteiger partial charge in [0.15, 0.2) is 0 Å². The van der Waals surface area contributed by atoms with Crippen molar-refractivity contribution in [3.05, 3.63) is 0 Å². The molecule has 0 fully saturated rings. The molecule has 1 atom stereocenters. The highest BCUT2D eigenvalue weighted by Crippen LogP contribution is 2.12. The molecule has 1 N–H and O–H groups in total. The molecular weight excluding hydrogens is 198 g/mol. The maximum absolute atomic E-state index is 9.04. The Kier molecular flexibility index (Phi) is 7.36. The standard InChI is InChI=1S/C13H27N3/c1-6-9-16(12(2)3)10-7-8-13(4,11-14)15-5/h12,15H,6-10H2,1-5H3. The van der Waals surface area contributed by atoms with Gasteiger partial charge in [-0.15, -0.1) is 0 Å². The first-order chi connectivity index (χ1) is 7.49. The van der Waals surface area contributed by atoms with Crippen LogP contribution in [-0.2, 0) is 0 Å². The lowest BCUT2D eigenvalue weighted by Gasteiger charge is -2.28. The van der Waals surface area contributed by atoms with Crippen molar-refractivity contribution in [1.82, 2.24) is 10.2 Å². The molecule has 0 amide bonds. The third kappa shape index (κ3) is 5.48. The molecule has 0 aliphatic rings. The Bertz CT molecular complexity index is 220. The topological polar surface area (TPSA) is 39.1 Å². The molecule has 0 aromatic heterocycles. The average molecular weight is 225 g/mol. The van der Waals surface area contributed by atoms with Crippen LogP contribution < -0.4 is 5.32 Å². The van der Waals surface area contributed by atoms with Crippen LogP contribution in [0.4, 0.5) is 0 Å². The molecule has 16 heavy (non-hydrogen) atoms. The van der Waals surface area contributed by atoms with E-state index in [0.29, 0.717) is 6.04 Å². The van der Waals surface area contributed by atoms with Crippen LogP contribution in [0.15, 0.2) is 0 Å². The molecule has 0 saturated heterocycles. The summed E-state index contributed by atoms with van der Waals surface area (Å²) in [6, 6.07) is 2.93. The summed E-state index contributed by atoms with van der Waals surface area (Å²) in [4.78, 5) is 2.48. The molecule has 0 radical (unpaired) electrons. The minimum absolute atomic E-state index is 0.366. The minimum atomic E-state index is -0.366. The van der Waals surface area contributed by atoms with Gasteiger partial charge in [-0.05, 0) is 60.2 Å². The number of hydrogen-bond acceptors (Lipinski definition) is 3. The Morgan fingerprint density at radius 3 is 2.38 bits per heavy atom. The van der Waals surface area contributed by atoms with E-state index >= 15 is 0 Å². The van der Waals surface area contributed by atoms with Crippen LogP contribution >= 0.6 is 0 Å². The van der Waals surface area contributed by atoms with Crippen molar-refractivity contribution in [2.75, 3.05) is 20.1 Å². The fourth-order valence-corrected chi connectivity index (χ4v) is 1.79. The molecule has 0 aromatic rings. The zero-order valence-corrected chi connectivity index (χ0v) is 11.5. The Balaban J connectivity index is 3.99. The highest BCUT2D eigenvalue weighted by Gasteiger charge is 2.20. The number of nitrogens with zero attached hydrogens (tertiary/aromatic N) is 2. The summed E-state index contributed by atoms with van der Waals surface area (Å²) in [6.45, 7) is 10.9. The molecule has 0 bridgehead atoms. The predicted molar refractivity (Wildman–Crippen MR) is 69.3 cm³/mol. The van der Waals surface area contributed by atoms with Crippen molar-refractivity contribution in [2.45, 2.75) is 58.5 Å². The van der Waals surface area contributed by atoms with Gasteiger partial charge in [0.25, 0.3) is 0 Å². The van der Waals surface area contributed by atoms with Gasteiger partial charge in [0.1, 0.15) is 5.54 Å². The molecule has 0 saturated carbocycles. The highest BCUT2D eigenvalue weighted by molar-refractivity contribution is 5.02. The smallest absolute Gasteiger partial charge is 0.103 e. The molecule has 0 aliphatic carbocycles. The zero-order valence-electron chi connectivity index (χ0n) is 11.5. The van der Waals surface area contributed by atoms with Crippen LogP contribution in [0.25, 0.3) is 0 Å². The predicted octanol–water partition coefficient (Wildman–Crippen LogP) is 2.39. The van der Waals surface area contributed by atoms with E-state index in [-0.39, 0.29) is 5.54 Å². The molecule has 0 aromatic carbocycles. The van der Waals surface area contributed by atoms with E-state index in [9.17, 15) is 0 Å². The second-order valence-electron chi connectivity index (χ2n) is 4.93. The van der Waals surface area contributed by atoms with Crippen LogP contribution in [0, 0.1) is 11.3 Å². The molecule has 0 rings (SSSR count). The maximum Gasteiger partial charge on any atom is 0.103 e. The van der Waals surface area contributed by atoms with E-state index in [1.807, 2.05) is 14.0 Å². The van der Waals surface area contributed by atoms with Gasteiger partial charge in [0, 0.05) is 6.04 Å². The SMILES string of the molecule is CCCN(CCCC(C)(C#N)NC)C(C)C. The molecule has 1 unspecified atom stereocenters. The van der Waals surface area contributed by atoms with Crippen LogP contribution in [0.5, 0.6) is 0 Å². The Morgan fingerprint density at radius 1 is 1.38 bits per heavy atom. The van der Waals surface area contributed by atoms with Crippen molar-refractivity contribution in [3.63, 3.8) is 0 Å². The minimum Gasteiger partial charge on any atom is -0.303 e. The molecule has 0 heterocycles. The van der Waals surface area contributed by atoms with Gasteiger partial charge in [-0.2, -0.15) is 5.26 Å². The van der Waals surface area contributed by atoms with Gasteiger partial charge in [-0.3, -0.25) is 0 Å². The lowest BCUT2D eigenvalue weighted by Crippen LogP contribution is -2.39. The molecule has 94 valence electrons. The molecular formula is C13H27N3. The van der Waals surface area contributed by atoms with Crippen LogP contribution in [0.2, 0.25) is 0 Å². The van der Waals surface area contributed by atoms with Crippen LogP contribution in [0.3, 0.4) is 0 Å². The first-order valence-electron chi connectivity index (χ1n) is 6.33. The van der Waals surface area contributed by atoms with E-state index in [1.165, 1.54) is 6.42 Å². The summed E-state index contributed by atoms with van der Waals surface area (Å²) in [5.41, 5.74) is -0.366. The highest BCUT2D eigenvalue weighted by atomic mass is 15.1. The fraction of sp³-hybridized carbons (Fsp3) is 0.923. The van der Waals surface area contributed by atoms with Gasteiger partial charge >= 0.3 is 0 Å². The third-order valence-corrected chi connectivity index (χ3v) is 3.16. The Hall–Kier alpha value is -0.590. The van der Waals surface area contributed by atoms with E-state index in [2.05, 4.69) is 37.1 Å². The van der Waals surface area contributed by atoms with E-state index in [1.54, 1.807) is 0 Å². The lowest BCUT2D eigenvalue weighted by molar-refractivity contribution is 0.212. The first kappa shape index (κ1) is 15.4. The van der Waals surface area contributed by atoms with Crippen molar-refractivity contribution in [2.24, 2.45) is 0 Å². The van der Waals surface area contributed by atoms with Crippen molar-refractivity contribution < 1.29 is 0 Å². The summed E-state index contributed by atoms with van der Waals surface area (Å²) in [5, 5.41) is 12.1. The summed E-state index contributed by atoms with van der Waals surface area (Å²) >= 11 is 0. The second-order valence-corrected chi connectivity index (χ2v) is 4.93.